The Kier molecular flexibility index (Phi) is 6.08. The predicted octanol–water partition coefficient (Wildman–Crippen LogP) is 3.51. The lowest BCUT2D eigenvalue weighted by molar-refractivity contribution is -0.139. The molecule has 0 aromatic heterocycles. The summed E-state index contributed by atoms with van der Waals surface area (Å²) in [6.45, 7) is 3.13. The van der Waals surface area contributed by atoms with Crippen LogP contribution in [0.5, 0.6) is 11.5 Å². The van der Waals surface area contributed by atoms with Gasteiger partial charge in [0.05, 0.1) is 19.3 Å². The number of halogens is 1. The zero-order chi connectivity index (χ0) is 24.6. The highest BCUT2D eigenvalue weighted by molar-refractivity contribution is 6.09. The van der Waals surface area contributed by atoms with Gasteiger partial charge in [-0.1, -0.05) is 25.1 Å². The first kappa shape index (κ1) is 23.1. The summed E-state index contributed by atoms with van der Waals surface area (Å²) in [6, 6.07) is 10.4. The number of hydrogen-bond acceptors (Lipinski definition) is 5. The molecule has 2 saturated heterocycles. The van der Waals surface area contributed by atoms with Crippen molar-refractivity contribution >= 4 is 17.8 Å². The molecule has 0 spiro atoms. The van der Waals surface area contributed by atoms with E-state index in [1.807, 2.05) is 18.2 Å². The standard InChI is InChI=1S/C26H28FN3O5/c1-2-26(18-7-9-19(27)10-8-18)24(32)30(25(33)28-26)16-23(31)29-12-3-5-20(29)17-6-11-21-22(15-17)35-14-4-13-34-21/h6-11,15,20H,2-5,12-14,16H2,1H3,(H,28,33). The van der Waals surface area contributed by atoms with Crippen LogP contribution in [0.15, 0.2) is 42.5 Å². The van der Waals surface area contributed by atoms with Crippen LogP contribution < -0.4 is 14.8 Å². The molecule has 2 atom stereocenters. The number of carbonyl (C=O) groups is 3. The third kappa shape index (κ3) is 4.09. The van der Waals surface area contributed by atoms with Gasteiger partial charge in [-0.15, -0.1) is 0 Å². The largest absolute Gasteiger partial charge is 0.490 e. The van der Waals surface area contributed by atoms with Gasteiger partial charge in [0.15, 0.2) is 11.5 Å². The fraction of sp³-hybridized carbons (Fsp3) is 0.423. The van der Waals surface area contributed by atoms with Gasteiger partial charge in [0.2, 0.25) is 5.91 Å². The molecule has 3 aliphatic heterocycles. The molecule has 3 heterocycles. The molecule has 2 aromatic carbocycles. The van der Waals surface area contributed by atoms with Crippen LogP contribution in [0.2, 0.25) is 0 Å². The van der Waals surface area contributed by atoms with E-state index in [0.29, 0.717) is 36.8 Å². The third-order valence-corrected chi connectivity index (χ3v) is 7.07. The van der Waals surface area contributed by atoms with Crippen molar-refractivity contribution in [3.05, 3.63) is 59.4 Å². The third-order valence-electron chi connectivity index (χ3n) is 7.07. The Balaban J connectivity index is 1.34. The molecule has 9 heteroatoms. The van der Waals surface area contributed by atoms with Crippen LogP contribution in [0.1, 0.15) is 49.8 Å². The SMILES string of the molecule is CCC1(c2ccc(F)cc2)NC(=O)N(CC(=O)N2CCCC2c2ccc3c(c2)OCCCO3)C1=O. The molecular weight excluding hydrogens is 453 g/mol. The van der Waals surface area contributed by atoms with Crippen LogP contribution in [0.4, 0.5) is 9.18 Å². The topological polar surface area (TPSA) is 88.2 Å². The van der Waals surface area contributed by atoms with Gasteiger partial charge >= 0.3 is 6.03 Å². The molecule has 0 bridgehead atoms. The monoisotopic (exact) mass is 481 g/mol. The van der Waals surface area contributed by atoms with E-state index >= 15 is 0 Å². The molecule has 2 unspecified atom stereocenters. The number of carbonyl (C=O) groups excluding carboxylic acids is 3. The summed E-state index contributed by atoms with van der Waals surface area (Å²) in [5.41, 5.74) is 0.108. The van der Waals surface area contributed by atoms with E-state index in [0.717, 1.165) is 29.7 Å². The second kappa shape index (κ2) is 9.20. The van der Waals surface area contributed by atoms with Gasteiger partial charge in [0.1, 0.15) is 17.9 Å². The number of hydrogen-bond donors (Lipinski definition) is 1. The van der Waals surface area contributed by atoms with Crippen LogP contribution in [0.25, 0.3) is 0 Å². The second-order valence-corrected chi connectivity index (χ2v) is 9.09. The maximum atomic E-state index is 13.4. The smallest absolute Gasteiger partial charge is 0.325 e. The maximum absolute atomic E-state index is 13.4. The Morgan fingerprint density at radius 1 is 1.09 bits per heavy atom. The van der Waals surface area contributed by atoms with Crippen molar-refractivity contribution in [2.45, 2.75) is 44.2 Å². The minimum Gasteiger partial charge on any atom is -0.490 e. The van der Waals surface area contributed by atoms with E-state index in [9.17, 15) is 18.8 Å². The van der Waals surface area contributed by atoms with Crippen molar-refractivity contribution in [2.75, 3.05) is 26.3 Å². The summed E-state index contributed by atoms with van der Waals surface area (Å²) < 4.78 is 25.0. The minimum atomic E-state index is -1.32. The highest BCUT2D eigenvalue weighted by Gasteiger charge is 2.52. The van der Waals surface area contributed by atoms with Crippen LogP contribution >= 0.6 is 0 Å². The van der Waals surface area contributed by atoms with Gasteiger partial charge in [-0.25, -0.2) is 9.18 Å². The lowest BCUT2D eigenvalue weighted by atomic mass is 9.87. The van der Waals surface area contributed by atoms with Crippen molar-refractivity contribution in [3.8, 4) is 11.5 Å². The number of ether oxygens (including phenoxy) is 2. The molecule has 0 radical (unpaired) electrons. The molecule has 4 amide bonds. The first-order chi connectivity index (χ1) is 16.9. The number of likely N-dealkylation sites (tertiary alicyclic amines) is 1. The van der Waals surface area contributed by atoms with E-state index in [1.165, 1.54) is 24.3 Å². The molecule has 8 nitrogen and oxygen atoms in total. The van der Waals surface area contributed by atoms with Crippen molar-refractivity contribution in [1.82, 2.24) is 15.1 Å². The summed E-state index contributed by atoms with van der Waals surface area (Å²) in [7, 11) is 0. The predicted molar refractivity (Wildman–Crippen MR) is 124 cm³/mol. The number of nitrogens with one attached hydrogen (secondary N) is 1. The Morgan fingerprint density at radius 2 is 1.83 bits per heavy atom. The molecule has 184 valence electrons. The number of imide groups is 1. The molecule has 2 aromatic rings. The number of fused-ring (bicyclic) bond motifs is 1. The fourth-order valence-electron chi connectivity index (χ4n) is 5.17. The summed E-state index contributed by atoms with van der Waals surface area (Å²) in [6.07, 6.45) is 2.68. The van der Waals surface area contributed by atoms with Crippen LogP contribution in [0, 0.1) is 5.82 Å². The molecule has 1 N–H and O–H groups in total. The van der Waals surface area contributed by atoms with Gasteiger partial charge < -0.3 is 19.7 Å². The summed E-state index contributed by atoms with van der Waals surface area (Å²) in [4.78, 5) is 42.3. The molecule has 35 heavy (non-hydrogen) atoms. The van der Waals surface area contributed by atoms with E-state index in [-0.39, 0.29) is 24.9 Å². The lowest BCUT2D eigenvalue weighted by Crippen LogP contribution is -2.45. The molecule has 0 aliphatic carbocycles. The zero-order valence-electron chi connectivity index (χ0n) is 19.6. The molecule has 0 saturated carbocycles. The van der Waals surface area contributed by atoms with Crippen molar-refractivity contribution in [2.24, 2.45) is 0 Å². The van der Waals surface area contributed by atoms with Crippen molar-refractivity contribution in [1.29, 1.82) is 0 Å². The Labute approximate surface area is 203 Å². The lowest BCUT2D eigenvalue weighted by Gasteiger charge is -2.28. The average molecular weight is 482 g/mol. The van der Waals surface area contributed by atoms with Gasteiger partial charge in [0.25, 0.3) is 5.91 Å². The van der Waals surface area contributed by atoms with Crippen LogP contribution in [0.3, 0.4) is 0 Å². The number of urea groups is 1. The zero-order valence-corrected chi connectivity index (χ0v) is 19.6. The van der Waals surface area contributed by atoms with E-state index < -0.39 is 23.3 Å². The van der Waals surface area contributed by atoms with E-state index in [1.54, 1.807) is 11.8 Å². The first-order valence-electron chi connectivity index (χ1n) is 12.0. The summed E-state index contributed by atoms with van der Waals surface area (Å²) in [5.74, 6) is 0.127. The molecular formula is C26H28FN3O5. The van der Waals surface area contributed by atoms with Crippen LogP contribution in [-0.2, 0) is 15.1 Å². The second-order valence-electron chi connectivity index (χ2n) is 9.09. The molecule has 3 aliphatic rings. The quantitative estimate of drug-likeness (QED) is 0.661. The molecule has 5 rings (SSSR count). The van der Waals surface area contributed by atoms with E-state index in [2.05, 4.69) is 5.32 Å². The number of amides is 4. The Bertz CT molecular complexity index is 1150. The summed E-state index contributed by atoms with van der Waals surface area (Å²) >= 11 is 0. The fourth-order valence-corrected chi connectivity index (χ4v) is 5.17. The van der Waals surface area contributed by atoms with Gasteiger partial charge in [-0.3, -0.25) is 14.5 Å². The van der Waals surface area contributed by atoms with Gasteiger partial charge in [0, 0.05) is 13.0 Å². The number of nitrogens with zero attached hydrogens (tertiary/aromatic N) is 2. The highest BCUT2D eigenvalue weighted by Crippen LogP contribution is 2.38. The average Bonchev–Trinajstić information content (AvgIpc) is 3.35. The minimum absolute atomic E-state index is 0.173. The first-order valence-corrected chi connectivity index (χ1v) is 12.0. The van der Waals surface area contributed by atoms with Crippen LogP contribution in [-0.4, -0.2) is 53.9 Å². The van der Waals surface area contributed by atoms with Crippen molar-refractivity contribution in [3.63, 3.8) is 0 Å². The number of benzene rings is 2. The number of rotatable bonds is 5. The van der Waals surface area contributed by atoms with E-state index in [4.69, 9.17) is 9.47 Å². The summed E-state index contributed by atoms with van der Waals surface area (Å²) in [5, 5.41) is 2.75. The maximum Gasteiger partial charge on any atom is 0.325 e. The molecule has 2 fully saturated rings. The van der Waals surface area contributed by atoms with Crippen molar-refractivity contribution < 1.29 is 28.2 Å². The van der Waals surface area contributed by atoms with Gasteiger partial charge in [-0.2, -0.15) is 0 Å². The highest BCUT2D eigenvalue weighted by atomic mass is 19.1. The van der Waals surface area contributed by atoms with Gasteiger partial charge in [-0.05, 0) is 54.7 Å². The Morgan fingerprint density at radius 3 is 2.57 bits per heavy atom. The normalized spacial score (nSPS) is 23.9. The Hall–Kier alpha value is -3.62.